The van der Waals surface area contributed by atoms with Crippen molar-refractivity contribution in [1.29, 1.82) is 0 Å². The van der Waals surface area contributed by atoms with Crippen LogP contribution in [0.4, 0.5) is 4.39 Å². The number of imidazole rings is 2. The molecule has 200 valence electrons. The average molecular weight is 541 g/mol. The molecule has 1 atom stereocenters. The summed E-state index contributed by atoms with van der Waals surface area (Å²) in [6, 6.07) is 1.86. The van der Waals surface area contributed by atoms with E-state index in [0.29, 0.717) is 23.2 Å². The molecular formula is C26H29FN6O4S. The molecule has 4 aromatic heterocycles. The fraction of sp³-hybridized carbons (Fsp3) is 0.423. The molecule has 0 saturated carbocycles. The second-order valence-corrected chi connectivity index (χ2v) is 10.1. The molecule has 10 nitrogen and oxygen atoms in total. The molecule has 4 aromatic rings. The van der Waals surface area contributed by atoms with Crippen molar-refractivity contribution in [2.75, 3.05) is 21.0 Å². The van der Waals surface area contributed by atoms with Crippen molar-refractivity contribution in [3.63, 3.8) is 0 Å². The summed E-state index contributed by atoms with van der Waals surface area (Å²) in [5.41, 5.74) is 2.97. The molecule has 0 bridgehead atoms. The predicted octanol–water partition coefficient (Wildman–Crippen LogP) is 4.49. The van der Waals surface area contributed by atoms with E-state index in [9.17, 15) is 9.18 Å². The summed E-state index contributed by atoms with van der Waals surface area (Å²) in [4.78, 5) is 31.1. The molecular weight excluding hydrogens is 511 g/mol. The van der Waals surface area contributed by atoms with Gasteiger partial charge >= 0.3 is 5.97 Å². The minimum Gasteiger partial charge on any atom is -0.465 e. The van der Waals surface area contributed by atoms with Crippen LogP contribution < -0.4 is 4.74 Å². The lowest BCUT2D eigenvalue weighted by atomic mass is 9.87. The first-order valence-electron chi connectivity index (χ1n) is 12.4. The second-order valence-electron chi connectivity index (χ2n) is 9.05. The van der Waals surface area contributed by atoms with Gasteiger partial charge in [0.1, 0.15) is 15.5 Å². The number of nitrogens with zero attached hydrogens (tertiary/aromatic N) is 6. The first-order valence-corrected chi connectivity index (χ1v) is 13.2. The van der Waals surface area contributed by atoms with E-state index in [2.05, 4.69) is 37.1 Å². The molecule has 0 spiro atoms. The normalized spacial score (nSPS) is 15.6. The van der Waals surface area contributed by atoms with Gasteiger partial charge in [-0.3, -0.25) is 0 Å². The molecule has 5 rings (SSSR count). The Balaban J connectivity index is 1.37. The minimum atomic E-state index is -0.619. The topological polar surface area (TPSA) is 106 Å². The summed E-state index contributed by atoms with van der Waals surface area (Å²) in [5.74, 6) is 0.729. The highest BCUT2D eigenvalue weighted by atomic mass is 32.1. The maximum atomic E-state index is 14.0. The Morgan fingerprint density at radius 2 is 2.13 bits per heavy atom. The van der Waals surface area contributed by atoms with E-state index in [1.807, 2.05) is 18.6 Å². The fourth-order valence-corrected chi connectivity index (χ4v) is 5.65. The van der Waals surface area contributed by atoms with Crippen LogP contribution in [0.15, 0.2) is 30.9 Å². The number of carbonyl (C=O) groups excluding carboxylic acids is 1. The van der Waals surface area contributed by atoms with Gasteiger partial charge in [-0.15, -0.1) is 11.3 Å². The number of allylic oxidation sites excluding steroid dienone is 2. The van der Waals surface area contributed by atoms with Gasteiger partial charge in [-0.25, -0.2) is 19.7 Å². The van der Waals surface area contributed by atoms with Crippen molar-refractivity contribution < 1.29 is 23.4 Å². The van der Waals surface area contributed by atoms with Crippen LogP contribution in [-0.2, 0) is 29.0 Å². The maximum Gasteiger partial charge on any atom is 0.348 e. The number of aryl methyl sites for hydroxylation is 1. The molecule has 0 amide bonds. The Morgan fingerprint density at radius 1 is 1.26 bits per heavy atom. The average Bonchev–Trinajstić information content (AvgIpc) is 3.64. The first-order chi connectivity index (χ1) is 18.5. The number of aromatic nitrogens is 6. The van der Waals surface area contributed by atoms with Gasteiger partial charge in [0.2, 0.25) is 5.82 Å². The van der Waals surface area contributed by atoms with E-state index in [0.717, 1.165) is 65.9 Å². The van der Waals surface area contributed by atoms with Crippen molar-refractivity contribution in [3.05, 3.63) is 58.9 Å². The molecule has 0 aliphatic heterocycles. The highest BCUT2D eigenvalue weighted by molar-refractivity contribution is 7.20. The zero-order valence-corrected chi connectivity index (χ0v) is 22.3. The van der Waals surface area contributed by atoms with E-state index >= 15 is 0 Å². The third-order valence-electron chi connectivity index (χ3n) is 6.68. The quantitative estimate of drug-likeness (QED) is 0.214. The van der Waals surface area contributed by atoms with Crippen LogP contribution in [0.5, 0.6) is 5.88 Å². The van der Waals surface area contributed by atoms with E-state index in [1.54, 1.807) is 0 Å². The van der Waals surface area contributed by atoms with Gasteiger partial charge in [-0.1, -0.05) is 6.08 Å². The lowest BCUT2D eigenvalue weighted by Crippen LogP contribution is -2.15. The smallest absolute Gasteiger partial charge is 0.348 e. The number of rotatable bonds is 10. The minimum absolute atomic E-state index is 0.0846. The number of carbonyl (C=O) groups is 1. The molecule has 4 heterocycles. The Labute approximate surface area is 223 Å². The monoisotopic (exact) mass is 540 g/mol. The van der Waals surface area contributed by atoms with Crippen molar-refractivity contribution in [1.82, 2.24) is 29.1 Å². The fourth-order valence-electron chi connectivity index (χ4n) is 4.68. The Kier molecular flexibility index (Phi) is 7.79. The van der Waals surface area contributed by atoms with Crippen LogP contribution in [0, 0.1) is 11.7 Å². The molecule has 0 aromatic carbocycles. The number of hydrogen-bond acceptors (Lipinski definition) is 9. The molecule has 0 fully saturated rings. The van der Waals surface area contributed by atoms with Crippen LogP contribution >= 0.6 is 11.3 Å². The van der Waals surface area contributed by atoms with E-state index < -0.39 is 5.82 Å². The van der Waals surface area contributed by atoms with Crippen LogP contribution in [0.2, 0.25) is 0 Å². The van der Waals surface area contributed by atoms with E-state index in [-0.39, 0.29) is 18.6 Å². The summed E-state index contributed by atoms with van der Waals surface area (Å²) < 4.78 is 33.3. The summed E-state index contributed by atoms with van der Waals surface area (Å²) >= 11 is 1.35. The van der Waals surface area contributed by atoms with Gasteiger partial charge in [0, 0.05) is 26.3 Å². The molecule has 38 heavy (non-hydrogen) atoms. The molecule has 1 unspecified atom stereocenters. The summed E-state index contributed by atoms with van der Waals surface area (Å²) in [6.07, 6.45) is 10.2. The summed E-state index contributed by atoms with van der Waals surface area (Å²) in [7, 11) is 2.85. The van der Waals surface area contributed by atoms with Crippen molar-refractivity contribution in [2.24, 2.45) is 5.92 Å². The van der Waals surface area contributed by atoms with Gasteiger partial charge in [-0.2, -0.15) is 9.37 Å². The molecule has 0 N–H and O–H groups in total. The number of halogens is 1. The van der Waals surface area contributed by atoms with Gasteiger partial charge in [0.25, 0.3) is 5.88 Å². The van der Waals surface area contributed by atoms with Crippen molar-refractivity contribution in [2.45, 2.75) is 45.7 Å². The Morgan fingerprint density at radius 3 is 2.87 bits per heavy atom. The Bertz CT molecular complexity index is 1480. The van der Waals surface area contributed by atoms with Gasteiger partial charge in [0.05, 0.1) is 37.4 Å². The number of fused-ring (bicyclic) bond motifs is 1. The highest BCUT2D eigenvalue weighted by Gasteiger charge is 2.24. The van der Waals surface area contributed by atoms with Gasteiger partial charge in [0.15, 0.2) is 12.6 Å². The third kappa shape index (κ3) is 5.32. The van der Waals surface area contributed by atoms with Crippen LogP contribution in [-0.4, -0.2) is 56.1 Å². The number of esters is 1. The molecule has 12 heteroatoms. The predicted molar refractivity (Wildman–Crippen MR) is 139 cm³/mol. The van der Waals surface area contributed by atoms with E-state index in [4.69, 9.17) is 19.2 Å². The number of hydrogen-bond donors (Lipinski definition) is 0. The highest BCUT2D eigenvalue weighted by Crippen LogP contribution is 2.34. The standard InChI is InChI=1S/C26H29FN6O4S/c1-4-32-14-28-11-18(32)13-33-20-10-21(26(34)36-3)38-25(20)30-22(33)9-16-5-7-17(8-6-16)23-29-12-19(27)24(31-23)37-15-35-2/h7,10-12,14,16H,4-6,8-9,13,15H2,1-3H3. The largest absolute Gasteiger partial charge is 0.465 e. The number of methoxy groups -OCH3 is 2. The zero-order valence-electron chi connectivity index (χ0n) is 21.5. The Hall–Kier alpha value is -3.64. The molecule has 0 radical (unpaired) electrons. The van der Waals surface area contributed by atoms with Crippen molar-refractivity contribution in [3.8, 4) is 5.88 Å². The van der Waals surface area contributed by atoms with Crippen LogP contribution in [0.3, 0.4) is 0 Å². The van der Waals surface area contributed by atoms with Gasteiger partial charge < -0.3 is 23.3 Å². The maximum absolute atomic E-state index is 14.0. The lowest BCUT2D eigenvalue weighted by molar-refractivity contribution is 0.0445. The lowest BCUT2D eigenvalue weighted by Gasteiger charge is -2.22. The molecule has 1 aliphatic rings. The van der Waals surface area contributed by atoms with Crippen LogP contribution in [0.1, 0.15) is 53.2 Å². The van der Waals surface area contributed by atoms with Crippen LogP contribution in [0.25, 0.3) is 15.9 Å². The molecule has 0 saturated heterocycles. The number of thiophene rings is 1. The third-order valence-corrected chi connectivity index (χ3v) is 7.67. The SMILES string of the molecule is CCn1cncc1Cn1c(CC2CC=C(c3ncc(F)c(OCOC)n3)CC2)nc2sc(C(=O)OC)cc21. The molecule has 1 aliphatic carbocycles. The van der Waals surface area contributed by atoms with Gasteiger partial charge in [-0.05, 0) is 43.7 Å². The first kappa shape index (κ1) is 26.0. The zero-order chi connectivity index (χ0) is 26.6. The number of ether oxygens (including phenoxy) is 3. The summed E-state index contributed by atoms with van der Waals surface area (Å²) in [6.45, 7) is 3.43. The second kappa shape index (κ2) is 11.4. The summed E-state index contributed by atoms with van der Waals surface area (Å²) in [5, 5.41) is 0. The van der Waals surface area contributed by atoms with E-state index in [1.165, 1.54) is 25.6 Å². The van der Waals surface area contributed by atoms with Crippen molar-refractivity contribution >= 4 is 33.2 Å².